The van der Waals surface area contributed by atoms with Gasteiger partial charge in [0.05, 0.1) is 17.5 Å². The van der Waals surface area contributed by atoms with Crippen molar-refractivity contribution in [1.82, 2.24) is 10.6 Å². The van der Waals surface area contributed by atoms with Crippen molar-refractivity contribution < 1.29 is 9.53 Å². The molecule has 0 aliphatic carbocycles. The van der Waals surface area contributed by atoms with Crippen LogP contribution in [0.3, 0.4) is 0 Å². The Hall–Kier alpha value is -1.77. The smallest absolute Gasteiger partial charge is 0.257 e. The van der Waals surface area contributed by atoms with Crippen molar-refractivity contribution in [2.75, 3.05) is 20.2 Å². The first-order chi connectivity index (χ1) is 9.58. The van der Waals surface area contributed by atoms with Crippen LogP contribution < -0.4 is 15.4 Å². The predicted octanol–water partition coefficient (Wildman–Crippen LogP) is 2.03. The molecule has 2 N–H and O–H groups in total. The first kappa shape index (κ1) is 16.3. The van der Waals surface area contributed by atoms with Gasteiger partial charge < -0.3 is 15.4 Å². The van der Waals surface area contributed by atoms with Crippen LogP contribution in [0.15, 0.2) is 18.2 Å². The van der Waals surface area contributed by atoms with Gasteiger partial charge in [0.1, 0.15) is 5.75 Å². The minimum atomic E-state index is -0.274. The summed E-state index contributed by atoms with van der Waals surface area (Å²) in [5.74, 6) is 0.193. The van der Waals surface area contributed by atoms with Crippen molar-refractivity contribution in [1.29, 1.82) is 5.26 Å². The quantitative estimate of drug-likeness (QED) is 0.755. The van der Waals surface area contributed by atoms with Gasteiger partial charge in [-0.3, -0.25) is 4.79 Å². The third-order valence-corrected chi connectivity index (χ3v) is 3.10. The van der Waals surface area contributed by atoms with E-state index in [1.165, 1.54) is 0 Å². The molecule has 0 aliphatic rings. The molecule has 0 aromatic heterocycles. The van der Waals surface area contributed by atoms with Crippen molar-refractivity contribution >= 4 is 17.5 Å². The molecule has 1 rings (SSSR count). The van der Waals surface area contributed by atoms with Crippen LogP contribution in [0.2, 0.25) is 5.02 Å². The maximum atomic E-state index is 11.4. The van der Waals surface area contributed by atoms with E-state index < -0.39 is 0 Å². The summed E-state index contributed by atoms with van der Waals surface area (Å²) in [7, 11) is 1.87. The molecular weight excluding hydrogens is 278 g/mol. The van der Waals surface area contributed by atoms with Crippen LogP contribution >= 0.6 is 11.6 Å². The van der Waals surface area contributed by atoms with E-state index in [4.69, 9.17) is 21.6 Å². The number of benzene rings is 1. The summed E-state index contributed by atoms with van der Waals surface area (Å²) in [6, 6.07) is 7.59. The maximum absolute atomic E-state index is 11.4. The average Bonchev–Trinajstić information content (AvgIpc) is 2.45. The number of hydrogen-bond donors (Lipinski definition) is 2. The van der Waals surface area contributed by atoms with E-state index >= 15 is 0 Å². The molecule has 0 saturated heterocycles. The summed E-state index contributed by atoms with van der Waals surface area (Å²) in [5, 5.41) is 14.5. The second-order valence-electron chi connectivity index (χ2n) is 4.25. The molecule has 1 atom stereocenters. The largest absolute Gasteiger partial charge is 0.482 e. The highest BCUT2D eigenvalue weighted by Gasteiger charge is 2.09. The van der Waals surface area contributed by atoms with Gasteiger partial charge in [0.2, 0.25) is 0 Å². The minimum absolute atomic E-state index is 0.119. The molecule has 0 saturated carbocycles. The number of nitrogens with zero attached hydrogens (tertiary/aromatic N) is 1. The second kappa shape index (κ2) is 8.41. The molecule has 6 heteroatoms. The molecule has 1 aromatic rings. The van der Waals surface area contributed by atoms with E-state index in [1.54, 1.807) is 6.07 Å². The Bertz CT molecular complexity index is 500. The van der Waals surface area contributed by atoms with Gasteiger partial charge in [0.15, 0.2) is 6.61 Å². The molecule has 20 heavy (non-hydrogen) atoms. The number of nitriles is 1. The topological polar surface area (TPSA) is 74.2 Å². The number of carbonyl (C=O) groups excluding carboxylic acids is 1. The van der Waals surface area contributed by atoms with Crippen LogP contribution in [-0.2, 0) is 4.79 Å². The zero-order valence-corrected chi connectivity index (χ0v) is 12.3. The lowest BCUT2D eigenvalue weighted by Crippen LogP contribution is -2.29. The first-order valence-corrected chi connectivity index (χ1v) is 6.69. The second-order valence-corrected chi connectivity index (χ2v) is 4.65. The number of carbonyl (C=O) groups is 1. The van der Waals surface area contributed by atoms with Gasteiger partial charge in [-0.05, 0) is 31.7 Å². The van der Waals surface area contributed by atoms with Gasteiger partial charge in [-0.2, -0.15) is 5.26 Å². The molecule has 0 aliphatic heterocycles. The zero-order chi connectivity index (χ0) is 15.0. The Labute approximate surface area is 123 Å². The molecular formula is C14H18ClN3O2. The van der Waals surface area contributed by atoms with E-state index in [2.05, 4.69) is 10.6 Å². The molecule has 0 fully saturated rings. The highest BCUT2D eigenvalue weighted by atomic mass is 35.5. The summed E-state index contributed by atoms with van der Waals surface area (Å²) in [4.78, 5) is 11.4. The minimum Gasteiger partial charge on any atom is -0.482 e. The van der Waals surface area contributed by atoms with Crippen molar-refractivity contribution in [3.63, 3.8) is 0 Å². The fourth-order valence-electron chi connectivity index (χ4n) is 1.52. The molecule has 0 radical (unpaired) electrons. The molecule has 5 nitrogen and oxygen atoms in total. The van der Waals surface area contributed by atoms with Crippen LogP contribution in [0.1, 0.15) is 24.9 Å². The number of nitrogens with one attached hydrogen (secondary N) is 2. The number of rotatable bonds is 7. The van der Waals surface area contributed by atoms with Crippen molar-refractivity contribution in [2.45, 2.75) is 19.4 Å². The Balaban J connectivity index is 2.52. The van der Waals surface area contributed by atoms with Crippen LogP contribution in [0.25, 0.3) is 0 Å². The third-order valence-electron chi connectivity index (χ3n) is 2.81. The highest BCUT2D eigenvalue weighted by Crippen LogP contribution is 2.27. The van der Waals surface area contributed by atoms with Crippen LogP contribution in [0, 0.1) is 11.3 Å². The van der Waals surface area contributed by atoms with E-state index in [0.29, 0.717) is 17.3 Å². The summed E-state index contributed by atoms with van der Waals surface area (Å²) in [6.45, 7) is 2.23. The molecule has 1 aromatic carbocycles. The summed E-state index contributed by atoms with van der Waals surface area (Å²) in [5.41, 5.74) is 1.04. The van der Waals surface area contributed by atoms with Crippen LogP contribution in [0.5, 0.6) is 5.75 Å². The van der Waals surface area contributed by atoms with Crippen molar-refractivity contribution in [2.24, 2.45) is 0 Å². The van der Waals surface area contributed by atoms with Crippen LogP contribution in [0.4, 0.5) is 0 Å². The van der Waals surface area contributed by atoms with Crippen molar-refractivity contribution in [3.05, 3.63) is 28.8 Å². The molecule has 0 bridgehead atoms. The van der Waals surface area contributed by atoms with Gasteiger partial charge in [-0.15, -0.1) is 0 Å². The Morgan fingerprint density at radius 3 is 2.90 bits per heavy atom. The van der Waals surface area contributed by atoms with E-state index in [1.807, 2.05) is 32.2 Å². The maximum Gasteiger partial charge on any atom is 0.257 e. The average molecular weight is 296 g/mol. The highest BCUT2D eigenvalue weighted by molar-refractivity contribution is 6.32. The monoisotopic (exact) mass is 295 g/mol. The summed E-state index contributed by atoms with van der Waals surface area (Å²) >= 11 is 6.11. The lowest BCUT2D eigenvalue weighted by molar-refractivity contribution is -0.123. The molecule has 1 amide bonds. The number of halogens is 1. The zero-order valence-electron chi connectivity index (χ0n) is 11.6. The summed E-state index contributed by atoms with van der Waals surface area (Å²) in [6.07, 6.45) is 0.281. The third kappa shape index (κ3) is 5.08. The fourth-order valence-corrected chi connectivity index (χ4v) is 1.77. The Kier molecular flexibility index (Phi) is 6.85. The normalized spacial score (nSPS) is 11.5. The van der Waals surface area contributed by atoms with Gasteiger partial charge in [0.25, 0.3) is 5.91 Å². The van der Waals surface area contributed by atoms with Crippen molar-refractivity contribution in [3.8, 4) is 11.8 Å². The molecule has 0 spiro atoms. The summed E-state index contributed by atoms with van der Waals surface area (Å²) < 4.78 is 5.35. The predicted molar refractivity (Wildman–Crippen MR) is 77.7 cm³/mol. The van der Waals surface area contributed by atoms with Gasteiger partial charge in [-0.25, -0.2) is 0 Å². The lowest BCUT2D eigenvalue weighted by Gasteiger charge is -2.13. The van der Waals surface area contributed by atoms with E-state index in [0.717, 1.165) is 5.56 Å². The molecule has 1 unspecified atom stereocenters. The van der Waals surface area contributed by atoms with Gasteiger partial charge >= 0.3 is 0 Å². The lowest BCUT2D eigenvalue weighted by atomic mass is 10.1. The first-order valence-electron chi connectivity index (χ1n) is 6.31. The fraction of sp³-hybridized carbons (Fsp3) is 0.429. The number of hydrogen-bond acceptors (Lipinski definition) is 4. The van der Waals surface area contributed by atoms with E-state index in [9.17, 15) is 4.79 Å². The SMILES string of the molecule is CNC(C)c1ccc(OCC(=O)NCCC#N)c(Cl)c1. The molecule has 108 valence electrons. The Morgan fingerprint density at radius 2 is 2.30 bits per heavy atom. The van der Waals surface area contributed by atoms with Gasteiger partial charge in [-0.1, -0.05) is 17.7 Å². The standard InChI is InChI=1S/C14H18ClN3O2/c1-10(17-2)11-4-5-13(12(15)8-11)20-9-14(19)18-7-3-6-16/h4-5,8,10,17H,3,7,9H2,1-2H3,(H,18,19). The Morgan fingerprint density at radius 1 is 1.55 bits per heavy atom. The van der Waals surface area contributed by atoms with E-state index in [-0.39, 0.29) is 25.0 Å². The number of amides is 1. The molecule has 0 heterocycles. The van der Waals surface area contributed by atoms with Gasteiger partial charge in [0, 0.05) is 12.6 Å². The van der Waals surface area contributed by atoms with Crippen LogP contribution in [-0.4, -0.2) is 26.1 Å². The number of ether oxygens (including phenoxy) is 1.